The number of hydrogen-bond donors (Lipinski definition) is 2. The van der Waals surface area contributed by atoms with Crippen LogP contribution in [0, 0.1) is 5.92 Å². The lowest BCUT2D eigenvalue weighted by Crippen LogP contribution is -2.46. The Morgan fingerprint density at radius 1 is 1.12 bits per heavy atom. The molecule has 6 heteroatoms. The van der Waals surface area contributed by atoms with Crippen molar-refractivity contribution < 1.29 is 19.0 Å². The highest BCUT2D eigenvalue weighted by atomic mass is 16.6. The zero-order valence-electron chi connectivity index (χ0n) is 16.4. The third kappa shape index (κ3) is 7.65. The van der Waals surface area contributed by atoms with E-state index >= 15 is 0 Å². The molecule has 1 aromatic carbocycles. The fourth-order valence-corrected chi connectivity index (χ4v) is 2.27. The number of benzene rings is 1. The lowest BCUT2D eigenvalue weighted by molar-refractivity contribution is 0.0490. The lowest BCUT2D eigenvalue weighted by atomic mass is 10.0. The van der Waals surface area contributed by atoms with Crippen molar-refractivity contribution in [3.8, 4) is 11.5 Å². The minimum absolute atomic E-state index is 0.0185. The summed E-state index contributed by atoms with van der Waals surface area (Å²) in [5.41, 5.74) is 0.580. The first kappa shape index (κ1) is 21.1. The van der Waals surface area contributed by atoms with E-state index in [4.69, 9.17) is 14.2 Å². The van der Waals surface area contributed by atoms with E-state index in [0.717, 1.165) is 5.56 Å². The summed E-state index contributed by atoms with van der Waals surface area (Å²) >= 11 is 0. The smallest absolute Gasteiger partial charge is 0.407 e. The molecule has 0 fully saturated rings. The molecular weight excluding hydrogens is 320 g/mol. The molecule has 0 saturated carbocycles. The van der Waals surface area contributed by atoms with Crippen molar-refractivity contribution in [3.63, 3.8) is 0 Å². The Morgan fingerprint density at radius 3 is 2.28 bits per heavy atom. The molecule has 0 saturated heterocycles. The fourth-order valence-electron chi connectivity index (χ4n) is 2.27. The highest BCUT2D eigenvalue weighted by Gasteiger charge is 2.21. The van der Waals surface area contributed by atoms with Crippen LogP contribution >= 0.6 is 0 Å². The zero-order chi connectivity index (χ0) is 19.0. The van der Waals surface area contributed by atoms with Crippen molar-refractivity contribution in [2.24, 2.45) is 5.92 Å². The average molecular weight is 352 g/mol. The first-order chi connectivity index (χ1) is 11.7. The Hall–Kier alpha value is -1.95. The van der Waals surface area contributed by atoms with Crippen LogP contribution in [0.2, 0.25) is 0 Å². The van der Waals surface area contributed by atoms with E-state index in [2.05, 4.69) is 24.5 Å². The Balaban J connectivity index is 2.57. The summed E-state index contributed by atoms with van der Waals surface area (Å²) in [6.45, 7) is 11.0. The fraction of sp³-hybridized carbons (Fsp3) is 0.632. The molecule has 1 rings (SSSR count). The molecule has 0 aliphatic carbocycles. The van der Waals surface area contributed by atoms with Gasteiger partial charge < -0.3 is 24.8 Å². The zero-order valence-corrected chi connectivity index (χ0v) is 16.4. The van der Waals surface area contributed by atoms with Crippen LogP contribution in [0.15, 0.2) is 18.2 Å². The summed E-state index contributed by atoms with van der Waals surface area (Å²) < 4.78 is 15.9. The van der Waals surface area contributed by atoms with Crippen molar-refractivity contribution in [3.05, 3.63) is 23.8 Å². The molecule has 0 aliphatic heterocycles. The van der Waals surface area contributed by atoms with Gasteiger partial charge in [-0.1, -0.05) is 19.9 Å². The van der Waals surface area contributed by atoms with E-state index in [1.807, 2.05) is 39.0 Å². The van der Waals surface area contributed by atoms with Crippen LogP contribution in [0.25, 0.3) is 0 Å². The van der Waals surface area contributed by atoms with Gasteiger partial charge in [-0.15, -0.1) is 0 Å². The van der Waals surface area contributed by atoms with Crippen molar-refractivity contribution in [2.45, 2.75) is 52.8 Å². The maximum Gasteiger partial charge on any atom is 0.407 e. The minimum atomic E-state index is -0.501. The number of ether oxygens (including phenoxy) is 3. The maximum atomic E-state index is 12.0. The van der Waals surface area contributed by atoms with Gasteiger partial charge in [0.15, 0.2) is 11.5 Å². The largest absolute Gasteiger partial charge is 0.493 e. The molecule has 6 nitrogen and oxygen atoms in total. The molecule has 142 valence electrons. The van der Waals surface area contributed by atoms with Crippen LogP contribution in [0.3, 0.4) is 0 Å². The molecular formula is C19H32N2O4. The van der Waals surface area contributed by atoms with Crippen LogP contribution < -0.4 is 20.1 Å². The highest BCUT2D eigenvalue weighted by Crippen LogP contribution is 2.27. The summed E-state index contributed by atoms with van der Waals surface area (Å²) in [7, 11) is 3.24. The third-order valence-electron chi connectivity index (χ3n) is 3.65. The molecule has 1 unspecified atom stereocenters. The summed E-state index contributed by atoms with van der Waals surface area (Å²) in [6.07, 6.45) is -0.390. The number of methoxy groups -OCH3 is 2. The van der Waals surface area contributed by atoms with Gasteiger partial charge in [-0.05, 0) is 44.4 Å². The number of alkyl carbamates (subject to hydrolysis) is 1. The molecule has 0 aliphatic rings. The van der Waals surface area contributed by atoms with E-state index in [1.54, 1.807) is 14.2 Å². The van der Waals surface area contributed by atoms with Crippen LogP contribution in [-0.4, -0.2) is 38.5 Å². The molecule has 0 radical (unpaired) electrons. The Kier molecular flexibility index (Phi) is 8.03. The molecule has 0 aromatic heterocycles. The van der Waals surface area contributed by atoms with E-state index in [9.17, 15) is 4.79 Å². The first-order valence-corrected chi connectivity index (χ1v) is 8.57. The number of carbonyl (C=O) groups excluding carboxylic acids is 1. The second kappa shape index (κ2) is 9.51. The van der Waals surface area contributed by atoms with Gasteiger partial charge in [0.25, 0.3) is 0 Å². The predicted octanol–water partition coefficient (Wildman–Crippen LogP) is 3.34. The Bertz CT molecular complexity index is 553. The Labute approximate surface area is 151 Å². The SMILES string of the molecule is COc1ccc(CNCC(NC(=O)OC(C)(C)C)C(C)C)cc1OC. The van der Waals surface area contributed by atoms with E-state index in [1.165, 1.54) is 0 Å². The van der Waals surface area contributed by atoms with Crippen LogP contribution in [0.4, 0.5) is 4.79 Å². The number of amides is 1. The summed E-state index contributed by atoms with van der Waals surface area (Å²) in [5.74, 6) is 1.69. The molecule has 1 atom stereocenters. The van der Waals surface area contributed by atoms with Crippen molar-refractivity contribution in [2.75, 3.05) is 20.8 Å². The summed E-state index contributed by atoms with van der Waals surface area (Å²) in [5, 5.41) is 6.31. The molecule has 1 aromatic rings. The lowest BCUT2D eigenvalue weighted by Gasteiger charge is -2.26. The second-order valence-electron chi connectivity index (χ2n) is 7.32. The van der Waals surface area contributed by atoms with Crippen molar-refractivity contribution in [1.82, 2.24) is 10.6 Å². The van der Waals surface area contributed by atoms with E-state index in [0.29, 0.717) is 24.6 Å². The van der Waals surface area contributed by atoms with Gasteiger partial charge >= 0.3 is 6.09 Å². The number of carbonyl (C=O) groups is 1. The number of nitrogens with one attached hydrogen (secondary N) is 2. The van der Waals surface area contributed by atoms with Crippen LogP contribution in [0.5, 0.6) is 11.5 Å². The van der Waals surface area contributed by atoms with Gasteiger partial charge in [-0.2, -0.15) is 0 Å². The summed E-state index contributed by atoms with van der Waals surface area (Å²) in [4.78, 5) is 12.0. The van der Waals surface area contributed by atoms with E-state index < -0.39 is 5.60 Å². The molecule has 0 spiro atoms. The van der Waals surface area contributed by atoms with Gasteiger partial charge in [0.1, 0.15) is 5.60 Å². The first-order valence-electron chi connectivity index (χ1n) is 8.57. The Morgan fingerprint density at radius 2 is 1.76 bits per heavy atom. The monoisotopic (exact) mass is 352 g/mol. The molecule has 2 N–H and O–H groups in total. The van der Waals surface area contributed by atoms with Gasteiger partial charge in [0.05, 0.1) is 14.2 Å². The molecule has 0 heterocycles. The van der Waals surface area contributed by atoms with Gasteiger partial charge in [0, 0.05) is 19.1 Å². The van der Waals surface area contributed by atoms with Gasteiger partial charge in [-0.3, -0.25) is 0 Å². The molecule has 0 bridgehead atoms. The second-order valence-corrected chi connectivity index (χ2v) is 7.32. The number of rotatable bonds is 8. The minimum Gasteiger partial charge on any atom is -0.493 e. The molecule has 25 heavy (non-hydrogen) atoms. The topological polar surface area (TPSA) is 68.8 Å². The average Bonchev–Trinajstić information content (AvgIpc) is 2.51. The maximum absolute atomic E-state index is 12.0. The van der Waals surface area contributed by atoms with Gasteiger partial charge in [0.2, 0.25) is 0 Å². The van der Waals surface area contributed by atoms with Gasteiger partial charge in [-0.25, -0.2) is 4.79 Å². The highest BCUT2D eigenvalue weighted by molar-refractivity contribution is 5.68. The van der Waals surface area contributed by atoms with Crippen molar-refractivity contribution in [1.29, 1.82) is 0 Å². The quantitative estimate of drug-likeness (QED) is 0.751. The summed E-state index contributed by atoms with van der Waals surface area (Å²) in [6, 6.07) is 5.79. The third-order valence-corrected chi connectivity index (χ3v) is 3.65. The van der Waals surface area contributed by atoms with E-state index in [-0.39, 0.29) is 18.1 Å². The molecule has 1 amide bonds. The normalized spacial score (nSPS) is 12.6. The van der Waals surface area contributed by atoms with Crippen LogP contribution in [-0.2, 0) is 11.3 Å². The van der Waals surface area contributed by atoms with Crippen LogP contribution in [0.1, 0.15) is 40.2 Å². The number of hydrogen-bond acceptors (Lipinski definition) is 5. The standard InChI is InChI=1S/C19H32N2O4/c1-13(2)15(21-18(22)25-19(3,4)5)12-20-11-14-8-9-16(23-6)17(10-14)24-7/h8-10,13,15,20H,11-12H2,1-7H3,(H,21,22). The predicted molar refractivity (Wildman–Crippen MR) is 99.2 cm³/mol. The van der Waals surface area contributed by atoms with Crippen molar-refractivity contribution >= 4 is 6.09 Å².